The summed E-state index contributed by atoms with van der Waals surface area (Å²) in [6.45, 7) is 6.16. The largest absolute Gasteiger partial charge is 0.353 e. The van der Waals surface area contributed by atoms with E-state index >= 15 is 0 Å². The zero-order valence-electron chi connectivity index (χ0n) is 10.7. The second-order valence-corrected chi connectivity index (χ2v) is 6.31. The van der Waals surface area contributed by atoms with Gasteiger partial charge < -0.3 is 10.2 Å². The zero-order valence-corrected chi connectivity index (χ0v) is 11.5. The van der Waals surface area contributed by atoms with Gasteiger partial charge in [0, 0.05) is 38.9 Å². The van der Waals surface area contributed by atoms with E-state index in [2.05, 4.69) is 25.8 Å². The third kappa shape index (κ3) is 2.82. The van der Waals surface area contributed by atoms with Crippen LogP contribution in [-0.4, -0.2) is 47.8 Å². The molecular formula is C12H20N4OS. The summed E-state index contributed by atoms with van der Waals surface area (Å²) >= 11 is 0. The van der Waals surface area contributed by atoms with Crippen molar-refractivity contribution in [1.29, 1.82) is 0 Å². The summed E-state index contributed by atoms with van der Waals surface area (Å²) < 4.78 is 15.5. The van der Waals surface area contributed by atoms with E-state index in [4.69, 9.17) is 0 Å². The van der Waals surface area contributed by atoms with Crippen molar-refractivity contribution in [3.8, 4) is 0 Å². The van der Waals surface area contributed by atoms with Crippen LogP contribution in [0.5, 0.6) is 0 Å². The van der Waals surface area contributed by atoms with Crippen LogP contribution in [0.25, 0.3) is 0 Å². The normalized spacial score (nSPS) is 19.5. The van der Waals surface area contributed by atoms with E-state index in [1.807, 2.05) is 19.1 Å². The average Bonchev–Trinajstić information content (AvgIpc) is 2.40. The van der Waals surface area contributed by atoms with Crippen molar-refractivity contribution in [2.24, 2.45) is 0 Å². The van der Waals surface area contributed by atoms with Gasteiger partial charge in [-0.15, -0.1) is 0 Å². The highest BCUT2D eigenvalue weighted by Crippen LogP contribution is 2.22. The maximum absolute atomic E-state index is 12.5. The smallest absolute Gasteiger partial charge is 0.145 e. The predicted octanol–water partition coefficient (Wildman–Crippen LogP) is 0.0910. The summed E-state index contributed by atoms with van der Waals surface area (Å²) in [5, 5.41) is 3.30. The lowest BCUT2D eigenvalue weighted by atomic mass is 10.3. The lowest BCUT2D eigenvalue weighted by molar-refractivity contribution is 0.581. The van der Waals surface area contributed by atoms with E-state index in [0.717, 1.165) is 32.0 Å². The number of aromatic nitrogens is 1. The van der Waals surface area contributed by atoms with Crippen molar-refractivity contribution >= 4 is 21.4 Å². The highest BCUT2D eigenvalue weighted by Gasteiger charge is 2.19. The van der Waals surface area contributed by atoms with E-state index in [1.54, 1.807) is 6.20 Å². The summed E-state index contributed by atoms with van der Waals surface area (Å²) in [7, 11) is -2.46. The molecular weight excluding hydrogens is 248 g/mol. The summed E-state index contributed by atoms with van der Waals surface area (Å²) in [6, 6.07) is 3.66. The summed E-state index contributed by atoms with van der Waals surface area (Å²) in [5.74, 6) is 4.61. The van der Waals surface area contributed by atoms with Crippen LogP contribution in [0.15, 0.2) is 23.2 Å². The highest BCUT2D eigenvalue weighted by atomic mass is 32.2. The van der Waals surface area contributed by atoms with Crippen molar-refractivity contribution in [3.05, 3.63) is 18.3 Å². The Hall–Kier alpha value is -1.11. The SMILES string of the molecule is C=S(=O)(NCC)c1cccnc1N1CCNCC1. The number of hydrogen-bond donors (Lipinski definition) is 2. The molecule has 1 aliphatic rings. The fourth-order valence-electron chi connectivity index (χ4n) is 2.06. The Bertz CT molecular complexity index is 495. The second-order valence-electron chi connectivity index (χ2n) is 4.24. The number of piperazine rings is 1. The fourth-order valence-corrected chi connectivity index (χ4v) is 3.46. The maximum Gasteiger partial charge on any atom is 0.145 e. The first-order valence-electron chi connectivity index (χ1n) is 6.17. The van der Waals surface area contributed by atoms with Crippen LogP contribution in [0.4, 0.5) is 5.82 Å². The summed E-state index contributed by atoms with van der Waals surface area (Å²) in [4.78, 5) is 7.25. The molecule has 0 bridgehead atoms. The zero-order chi connectivity index (χ0) is 13.0. The van der Waals surface area contributed by atoms with Gasteiger partial charge in [-0.2, -0.15) is 0 Å². The minimum atomic E-state index is -2.46. The number of nitrogens with one attached hydrogen (secondary N) is 2. The third-order valence-electron chi connectivity index (χ3n) is 2.90. The van der Waals surface area contributed by atoms with Crippen molar-refractivity contribution in [3.63, 3.8) is 0 Å². The van der Waals surface area contributed by atoms with Gasteiger partial charge in [0.05, 0.1) is 14.6 Å². The molecule has 2 rings (SSSR count). The van der Waals surface area contributed by atoms with E-state index in [-0.39, 0.29) is 0 Å². The van der Waals surface area contributed by atoms with Gasteiger partial charge >= 0.3 is 0 Å². The Labute approximate surface area is 109 Å². The first kappa shape index (κ1) is 13.3. The molecule has 1 aliphatic heterocycles. The molecule has 0 radical (unpaired) electrons. The molecule has 1 saturated heterocycles. The standard InChI is InChI=1S/C12H20N4OS/c1-3-15-18(2,17)11-5-4-6-14-12(11)16-9-7-13-8-10-16/h4-6,13H,2-3,7-10H2,1H3,(H,15,17). The molecule has 1 aromatic rings. The first-order chi connectivity index (χ1) is 8.65. The summed E-state index contributed by atoms with van der Waals surface area (Å²) in [5.41, 5.74) is 0. The minimum Gasteiger partial charge on any atom is -0.353 e. The lowest BCUT2D eigenvalue weighted by Gasteiger charge is -2.30. The van der Waals surface area contributed by atoms with Crippen molar-refractivity contribution in [1.82, 2.24) is 15.0 Å². The van der Waals surface area contributed by atoms with Crippen LogP contribution in [0, 0.1) is 0 Å². The average molecular weight is 268 g/mol. The molecule has 6 heteroatoms. The van der Waals surface area contributed by atoms with E-state index in [0.29, 0.717) is 11.4 Å². The lowest BCUT2D eigenvalue weighted by Crippen LogP contribution is -2.44. The van der Waals surface area contributed by atoms with Crippen LogP contribution in [0.3, 0.4) is 0 Å². The van der Waals surface area contributed by atoms with Gasteiger partial charge in [0.2, 0.25) is 0 Å². The van der Waals surface area contributed by atoms with E-state index in [1.165, 1.54) is 0 Å². The topological polar surface area (TPSA) is 57.3 Å². The van der Waals surface area contributed by atoms with Gasteiger partial charge in [-0.1, -0.05) is 6.92 Å². The number of pyridine rings is 1. The summed E-state index contributed by atoms with van der Waals surface area (Å²) in [6.07, 6.45) is 1.74. The maximum atomic E-state index is 12.5. The molecule has 1 atom stereocenters. The second kappa shape index (κ2) is 5.69. The molecule has 100 valence electrons. The van der Waals surface area contributed by atoms with Gasteiger partial charge in [0.25, 0.3) is 0 Å². The van der Waals surface area contributed by atoms with Crippen molar-refractivity contribution in [2.75, 3.05) is 37.6 Å². The Kier molecular flexibility index (Phi) is 4.21. The number of hydrogen-bond acceptors (Lipinski definition) is 4. The van der Waals surface area contributed by atoms with Crippen LogP contribution in [-0.2, 0) is 9.71 Å². The predicted molar refractivity (Wildman–Crippen MR) is 76.5 cm³/mol. The number of anilines is 1. The number of rotatable bonds is 4. The number of nitrogens with zero attached hydrogens (tertiary/aromatic N) is 2. The molecule has 1 fully saturated rings. The van der Waals surface area contributed by atoms with Gasteiger partial charge in [-0.25, -0.2) is 13.9 Å². The molecule has 1 aromatic heterocycles. The molecule has 0 aliphatic carbocycles. The Balaban J connectivity index is 2.36. The molecule has 0 saturated carbocycles. The van der Waals surface area contributed by atoms with E-state index in [9.17, 15) is 4.21 Å². The molecule has 5 nitrogen and oxygen atoms in total. The van der Waals surface area contributed by atoms with Crippen LogP contribution >= 0.6 is 0 Å². The monoisotopic (exact) mass is 268 g/mol. The van der Waals surface area contributed by atoms with Crippen molar-refractivity contribution in [2.45, 2.75) is 11.8 Å². The van der Waals surface area contributed by atoms with Gasteiger partial charge in [-0.3, -0.25) is 0 Å². The molecule has 18 heavy (non-hydrogen) atoms. The molecule has 0 amide bonds. The van der Waals surface area contributed by atoms with Crippen LogP contribution in [0.2, 0.25) is 0 Å². The van der Waals surface area contributed by atoms with E-state index < -0.39 is 9.71 Å². The molecule has 2 N–H and O–H groups in total. The van der Waals surface area contributed by atoms with Crippen LogP contribution in [0.1, 0.15) is 6.92 Å². The third-order valence-corrected chi connectivity index (χ3v) is 4.68. The Morgan fingerprint density at radius 1 is 1.56 bits per heavy atom. The van der Waals surface area contributed by atoms with Gasteiger partial charge in [-0.05, 0) is 18.0 Å². The fraction of sp³-hybridized carbons (Fsp3) is 0.500. The highest BCUT2D eigenvalue weighted by molar-refractivity contribution is 7.98. The molecule has 2 heterocycles. The quantitative estimate of drug-likeness (QED) is 0.760. The van der Waals surface area contributed by atoms with Crippen LogP contribution < -0.4 is 14.9 Å². The Morgan fingerprint density at radius 2 is 2.28 bits per heavy atom. The minimum absolute atomic E-state index is 0.623. The van der Waals surface area contributed by atoms with Crippen molar-refractivity contribution < 1.29 is 4.21 Å². The Morgan fingerprint density at radius 3 is 2.94 bits per heavy atom. The van der Waals surface area contributed by atoms with Gasteiger partial charge in [0.15, 0.2) is 0 Å². The molecule has 0 aromatic carbocycles. The molecule has 1 unspecified atom stereocenters. The van der Waals surface area contributed by atoms with Gasteiger partial charge in [0.1, 0.15) is 5.82 Å². The first-order valence-corrected chi connectivity index (χ1v) is 7.90. The molecule has 0 spiro atoms.